The summed E-state index contributed by atoms with van der Waals surface area (Å²) in [6.45, 7) is 3.40. The van der Waals surface area contributed by atoms with E-state index in [1.54, 1.807) is 12.1 Å². The summed E-state index contributed by atoms with van der Waals surface area (Å²) in [5, 5.41) is 0.496. The van der Waals surface area contributed by atoms with Gasteiger partial charge >= 0.3 is 0 Å². The first-order valence-electron chi connectivity index (χ1n) is 5.87. The quantitative estimate of drug-likeness (QED) is 0.743. The van der Waals surface area contributed by atoms with Crippen molar-refractivity contribution in [2.45, 2.75) is 6.42 Å². The molecular weight excluding hydrogens is 273 g/mol. The molecule has 0 spiro atoms. The number of amides is 1. The highest BCUT2D eigenvalue weighted by Crippen LogP contribution is 2.17. The van der Waals surface area contributed by atoms with Crippen LogP contribution in [0.5, 0.6) is 0 Å². The first kappa shape index (κ1) is 13.6. The molecule has 0 atom stereocenters. The van der Waals surface area contributed by atoms with Crippen LogP contribution in [-0.2, 0) is 0 Å². The minimum Gasteiger partial charge on any atom is -0.337 e. The molecule has 2 heterocycles. The Hall–Kier alpha value is -0.840. The molecule has 6 heteroatoms. The van der Waals surface area contributed by atoms with E-state index in [4.69, 9.17) is 23.2 Å². The van der Waals surface area contributed by atoms with Crippen LogP contribution in [0, 0.1) is 0 Å². The Labute approximate surface area is 116 Å². The number of halogens is 2. The van der Waals surface area contributed by atoms with Crippen molar-refractivity contribution in [2.24, 2.45) is 0 Å². The maximum absolute atomic E-state index is 12.3. The van der Waals surface area contributed by atoms with Gasteiger partial charge < -0.3 is 9.80 Å². The van der Waals surface area contributed by atoms with Gasteiger partial charge in [-0.1, -0.05) is 23.2 Å². The van der Waals surface area contributed by atoms with Crippen molar-refractivity contribution in [2.75, 3.05) is 33.2 Å². The molecule has 1 amide bonds. The van der Waals surface area contributed by atoms with Crippen molar-refractivity contribution >= 4 is 29.1 Å². The fraction of sp³-hybridized carbons (Fsp3) is 0.500. The Kier molecular flexibility index (Phi) is 4.43. The highest BCUT2D eigenvalue weighted by Gasteiger charge is 2.19. The van der Waals surface area contributed by atoms with E-state index >= 15 is 0 Å². The monoisotopic (exact) mass is 287 g/mol. The van der Waals surface area contributed by atoms with Crippen LogP contribution in [0.1, 0.15) is 16.8 Å². The Morgan fingerprint density at radius 3 is 2.50 bits per heavy atom. The summed E-state index contributed by atoms with van der Waals surface area (Å²) in [6.07, 6.45) is 0.981. The van der Waals surface area contributed by atoms with Gasteiger partial charge in [-0.2, -0.15) is 0 Å². The summed E-state index contributed by atoms with van der Waals surface area (Å²) < 4.78 is 0. The van der Waals surface area contributed by atoms with Crippen LogP contribution in [0.25, 0.3) is 0 Å². The van der Waals surface area contributed by atoms with Gasteiger partial charge in [0.15, 0.2) is 0 Å². The van der Waals surface area contributed by atoms with Gasteiger partial charge in [0.25, 0.3) is 5.91 Å². The van der Waals surface area contributed by atoms with Gasteiger partial charge in [-0.25, -0.2) is 4.98 Å². The SMILES string of the molecule is CN1CCCN(C(=O)c2cc(Cl)nc(Cl)c2)CC1. The van der Waals surface area contributed by atoms with Crippen molar-refractivity contribution < 1.29 is 4.79 Å². The van der Waals surface area contributed by atoms with Gasteiger partial charge in [0.1, 0.15) is 10.3 Å². The molecule has 1 aromatic rings. The largest absolute Gasteiger partial charge is 0.337 e. The predicted molar refractivity (Wildman–Crippen MR) is 72.3 cm³/mol. The second kappa shape index (κ2) is 5.87. The lowest BCUT2D eigenvalue weighted by molar-refractivity contribution is 0.0762. The minimum atomic E-state index is -0.0310. The van der Waals surface area contributed by atoms with Crippen LogP contribution in [0.4, 0.5) is 0 Å². The third-order valence-electron chi connectivity index (χ3n) is 3.02. The summed E-state index contributed by atoms with van der Waals surface area (Å²) in [6, 6.07) is 3.12. The number of hydrogen-bond acceptors (Lipinski definition) is 3. The highest BCUT2D eigenvalue weighted by molar-refractivity contribution is 6.33. The highest BCUT2D eigenvalue weighted by atomic mass is 35.5. The lowest BCUT2D eigenvalue weighted by atomic mass is 10.2. The zero-order valence-electron chi connectivity index (χ0n) is 10.2. The normalized spacial score (nSPS) is 17.6. The number of carbonyl (C=O) groups is 1. The molecule has 0 N–H and O–H groups in total. The molecule has 18 heavy (non-hydrogen) atoms. The van der Waals surface area contributed by atoms with Gasteiger partial charge in [0.2, 0.25) is 0 Å². The van der Waals surface area contributed by atoms with Crippen LogP contribution < -0.4 is 0 Å². The van der Waals surface area contributed by atoms with E-state index in [2.05, 4.69) is 16.9 Å². The van der Waals surface area contributed by atoms with Gasteiger partial charge in [0, 0.05) is 25.2 Å². The standard InChI is InChI=1S/C12H15Cl2N3O/c1-16-3-2-4-17(6-5-16)12(18)9-7-10(13)15-11(14)8-9/h7-8H,2-6H2,1H3. The summed E-state index contributed by atoms with van der Waals surface area (Å²) in [5.74, 6) is -0.0310. The molecule has 0 unspecified atom stereocenters. The van der Waals surface area contributed by atoms with Crippen molar-refractivity contribution in [3.63, 3.8) is 0 Å². The number of aromatic nitrogens is 1. The molecule has 0 radical (unpaired) electrons. The predicted octanol–water partition coefficient (Wildman–Crippen LogP) is 2.17. The summed E-state index contributed by atoms with van der Waals surface area (Å²) in [7, 11) is 2.06. The number of nitrogens with zero attached hydrogens (tertiary/aromatic N) is 3. The molecular formula is C12H15Cl2N3O. The number of rotatable bonds is 1. The van der Waals surface area contributed by atoms with Crippen LogP contribution in [0.15, 0.2) is 12.1 Å². The third-order valence-corrected chi connectivity index (χ3v) is 3.40. The smallest absolute Gasteiger partial charge is 0.254 e. The average molecular weight is 288 g/mol. The first-order valence-corrected chi connectivity index (χ1v) is 6.63. The second-order valence-corrected chi connectivity index (χ2v) is 5.22. The number of carbonyl (C=O) groups excluding carboxylic acids is 1. The van der Waals surface area contributed by atoms with Gasteiger partial charge in [-0.15, -0.1) is 0 Å². The molecule has 2 rings (SSSR count). The van der Waals surface area contributed by atoms with Crippen molar-refractivity contribution in [3.05, 3.63) is 28.0 Å². The Bertz CT molecular complexity index is 433. The van der Waals surface area contributed by atoms with E-state index in [1.807, 2.05) is 4.90 Å². The molecule has 0 bridgehead atoms. The molecule has 1 aromatic heterocycles. The van der Waals surface area contributed by atoms with Crippen molar-refractivity contribution in [3.8, 4) is 0 Å². The molecule has 0 aromatic carbocycles. The number of pyridine rings is 1. The lowest BCUT2D eigenvalue weighted by Gasteiger charge is -2.20. The summed E-state index contributed by atoms with van der Waals surface area (Å²) >= 11 is 11.6. The molecule has 0 saturated carbocycles. The zero-order chi connectivity index (χ0) is 13.1. The zero-order valence-corrected chi connectivity index (χ0v) is 11.7. The molecule has 1 fully saturated rings. The van der Waals surface area contributed by atoms with E-state index in [-0.39, 0.29) is 16.2 Å². The minimum absolute atomic E-state index is 0.0310. The third kappa shape index (κ3) is 3.34. The maximum atomic E-state index is 12.3. The molecule has 1 saturated heterocycles. The lowest BCUT2D eigenvalue weighted by Crippen LogP contribution is -2.34. The van der Waals surface area contributed by atoms with Crippen LogP contribution in [0.3, 0.4) is 0 Å². The number of hydrogen-bond donors (Lipinski definition) is 0. The summed E-state index contributed by atoms with van der Waals surface area (Å²) in [5.41, 5.74) is 0.504. The van der Waals surface area contributed by atoms with E-state index in [1.165, 1.54) is 0 Å². The Morgan fingerprint density at radius 1 is 1.17 bits per heavy atom. The molecule has 0 aliphatic carbocycles. The molecule has 4 nitrogen and oxygen atoms in total. The van der Waals surface area contributed by atoms with E-state index in [0.717, 1.165) is 32.6 Å². The van der Waals surface area contributed by atoms with Gasteiger partial charge in [0.05, 0.1) is 0 Å². The fourth-order valence-corrected chi connectivity index (χ4v) is 2.48. The average Bonchev–Trinajstić information content (AvgIpc) is 2.52. The topological polar surface area (TPSA) is 36.4 Å². The number of likely N-dealkylation sites (N-methyl/N-ethyl adjacent to an activating group) is 1. The second-order valence-electron chi connectivity index (χ2n) is 4.45. The fourth-order valence-electron chi connectivity index (χ4n) is 2.02. The molecule has 1 aliphatic heterocycles. The van der Waals surface area contributed by atoms with E-state index in [9.17, 15) is 4.79 Å². The maximum Gasteiger partial charge on any atom is 0.254 e. The van der Waals surface area contributed by atoms with Crippen LogP contribution in [-0.4, -0.2) is 53.9 Å². The Morgan fingerprint density at radius 2 is 1.83 bits per heavy atom. The van der Waals surface area contributed by atoms with Crippen molar-refractivity contribution in [1.82, 2.24) is 14.8 Å². The van der Waals surface area contributed by atoms with E-state index in [0.29, 0.717) is 5.56 Å². The van der Waals surface area contributed by atoms with Gasteiger partial charge in [-0.3, -0.25) is 4.79 Å². The van der Waals surface area contributed by atoms with Crippen LogP contribution >= 0.6 is 23.2 Å². The van der Waals surface area contributed by atoms with E-state index < -0.39 is 0 Å². The van der Waals surface area contributed by atoms with Crippen molar-refractivity contribution in [1.29, 1.82) is 0 Å². The van der Waals surface area contributed by atoms with Crippen LogP contribution in [0.2, 0.25) is 10.3 Å². The molecule has 98 valence electrons. The van der Waals surface area contributed by atoms with Gasteiger partial charge in [-0.05, 0) is 32.1 Å². The first-order chi connectivity index (χ1) is 8.56. The Balaban J connectivity index is 2.14. The summed E-state index contributed by atoms with van der Waals surface area (Å²) in [4.78, 5) is 20.2. The molecule has 1 aliphatic rings.